The first kappa shape index (κ1) is 17.5. The van der Waals surface area contributed by atoms with E-state index in [0.29, 0.717) is 33.9 Å². The summed E-state index contributed by atoms with van der Waals surface area (Å²) in [6.45, 7) is 0.297. The lowest BCUT2D eigenvalue weighted by Gasteiger charge is -2.09. The van der Waals surface area contributed by atoms with Gasteiger partial charge >= 0.3 is 0 Å². The van der Waals surface area contributed by atoms with Crippen LogP contribution in [0.3, 0.4) is 0 Å². The zero-order valence-corrected chi connectivity index (χ0v) is 14.6. The summed E-state index contributed by atoms with van der Waals surface area (Å²) in [6, 6.07) is 8.01. The number of thioether (sulfide) groups is 1. The molecular formula is C16H14ClFN4O2S. The van der Waals surface area contributed by atoms with Crippen molar-refractivity contribution >= 4 is 29.3 Å². The highest BCUT2D eigenvalue weighted by Crippen LogP contribution is 2.30. The van der Waals surface area contributed by atoms with Gasteiger partial charge in [-0.3, -0.25) is 9.36 Å². The van der Waals surface area contributed by atoms with Crippen molar-refractivity contribution in [2.75, 3.05) is 0 Å². The molecule has 0 unspecified atom stereocenters. The van der Waals surface area contributed by atoms with Crippen molar-refractivity contribution in [3.05, 3.63) is 53.0 Å². The van der Waals surface area contributed by atoms with Gasteiger partial charge in [-0.25, -0.2) is 4.39 Å². The Balaban J connectivity index is 1.86. The first-order valence-corrected chi connectivity index (χ1v) is 8.73. The average molecular weight is 381 g/mol. The van der Waals surface area contributed by atoms with E-state index in [9.17, 15) is 9.18 Å². The molecule has 2 heterocycles. The molecule has 9 heteroatoms. The van der Waals surface area contributed by atoms with Crippen LogP contribution in [0.15, 0.2) is 46.2 Å². The van der Waals surface area contributed by atoms with Crippen LogP contribution in [0.5, 0.6) is 0 Å². The molecule has 0 spiro atoms. The van der Waals surface area contributed by atoms with Crippen molar-refractivity contribution < 1.29 is 13.6 Å². The summed E-state index contributed by atoms with van der Waals surface area (Å²) in [6.07, 6.45) is 1.65. The van der Waals surface area contributed by atoms with Gasteiger partial charge in [0.05, 0.1) is 6.26 Å². The monoisotopic (exact) mass is 380 g/mol. The van der Waals surface area contributed by atoms with Crippen molar-refractivity contribution in [1.82, 2.24) is 14.8 Å². The van der Waals surface area contributed by atoms with E-state index in [2.05, 4.69) is 10.2 Å². The van der Waals surface area contributed by atoms with E-state index in [1.54, 1.807) is 28.8 Å². The van der Waals surface area contributed by atoms with Gasteiger partial charge in [0.2, 0.25) is 5.91 Å². The van der Waals surface area contributed by atoms with Crippen LogP contribution in [0.25, 0.3) is 11.6 Å². The van der Waals surface area contributed by atoms with Crippen molar-refractivity contribution in [3.63, 3.8) is 0 Å². The molecule has 0 radical (unpaired) electrons. The van der Waals surface area contributed by atoms with Crippen LogP contribution in [-0.4, -0.2) is 20.7 Å². The zero-order chi connectivity index (χ0) is 17.8. The minimum atomic E-state index is -0.438. The fraction of sp³-hybridized carbons (Fsp3) is 0.188. The molecule has 3 aromatic rings. The third-order valence-electron chi connectivity index (χ3n) is 3.45. The number of carbonyl (C=O) groups is 1. The highest BCUT2D eigenvalue weighted by atomic mass is 35.5. The number of hydrogen-bond donors (Lipinski definition) is 1. The maximum atomic E-state index is 13.9. The third-order valence-corrected chi connectivity index (χ3v) is 4.79. The van der Waals surface area contributed by atoms with Gasteiger partial charge in [0.25, 0.3) is 0 Å². The van der Waals surface area contributed by atoms with Crippen LogP contribution < -0.4 is 5.73 Å². The Labute approximate surface area is 152 Å². The van der Waals surface area contributed by atoms with Crippen LogP contribution in [0.4, 0.5) is 4.39 Å². The second-order valence-corrected chi connectivity index (χ2v) is 6.49. The first-order chi connectivity index (χ1) is 12.1. The second kappa shape index (κ2) is 7.71. The molecule has 0 aliphatic heterocycles. The van der Waals surface area contributed by atoms with Gasteiger partial charge in [-0.05, 0) is 24.3 Å². The molecule has 0 bridgehead atoms. The maximum Gasteiger partial charge on any atom is 0.219 e. The van der Waals surface area contributed by atoms with Crippen molar-refractivity contribution in [3.8, 4) is 11.6 Å². The summed E-state index contributed by atoms with van der Waals surface area (Å²) >= 11 is 7.32. The number of nitrogens with zero attached hydrogens (tertiary/aromatic N) is 3. The molecule has 1 amide bonds. The Bertz CT molecular complexity index is 862. The Morgan fingerprint density at radius 1 is 1.32 bits per heavy atom. The number of amides is 1. The molecule has 0 aliphatic rings. The number of hydrogen-bond acceptors (Lipinski definition) is 5. The maximum absolute atomic E-state index is 13.9. The molecule has 0 aliphatic carbocycles. The number of furan rings is 1. The Morgan fingerprint density at radius 2 is 2.16 bits per heavy atom. The summed E-state index contributed by atoms with van der Waals surface area (Å²) in [5, 5.41) is 9.11. The highest BCUT2D eigenvalue weighted by molar-refractivity contribution is 7.98. The number of rotatable bonds is 7. The van der Waals surface area contributed by atoms with Crippen LogP contribution in [0.1, 0.15) is 12.0 Å². The molecule has 1 aromatic carbocycles. The van der Waals surface area contributed by atoms with Gasteiger partial charge in [-0.2, -0.15) is 0 Å². The molecule has 25 heavy (non-hydrogen) atoms. The van der Waals surface area contributed by atoms with E-state index < -0.39 is 5.91 Å². The van der Waals surface area contributed by atoms with Gasteiger partial charge in [0.15, 0.2) is 16.7 Å². The lowest BCUT2D eigenvalue weighted by molar-refractivity contribution is -0.118. The fourth-order valence-electron chi connectivity index (χ4n) is 2.21. The topological polar surface area (TPSA) is 86.9 Å². The summed E-state index contributed by atoms with van der Waals surface area (Å²) in [5.41, 5.74) is 5.63. The lowest BCUT2D eigenvalue weighted by Crippen LogP contribution is -2.15. The van der Waals surface area contributed by atoms with E-state index in [4.69, 9.17) is 21.8 Å². The second-order valence-electron chi connectivity index (χ2n) is 5.14. The van der Waals surface area contributed by atoms with Crippen LogP contribution in [0, 0.1) is 5.82 Å². The molecule has 0 saturated carbocycles. The van der Waals surface area contributed by atoms with E-state index in [0.717, 1.165) is 0 Å². The number of primary amides is 1. The van der Waals surface area contributed by atoms with E-state index >= 15 is 0 Å². The van der Waals surface area contributed by atoms with Gasteiger partial charge in [0, 0.05) is 29.3 Å². The average Bonchev–Trinajstić information content (AvgIpc) is 3.21. The number of carbonyl (C=O) groups excluding carboxylic acids is 1. The summed E-state index contributed by atoms with van der Waals surface area (Å²) < 4.78 is 21.0. The molecule has 2 aromatic heterocycles. The van der Waals surface area contributed by atoms with Gasteiger partial charge < -0.3 is 10.2 Å². The fourth-order valence-corrected chi connectivity index (χ4v) is 3.52. The normalized spacial score (nSPS) is 11.0. The molecular weight excluding hydrogens is 367 g/mol. The largest absolute Gasteiger partial charge is 0.461 e. The molecule has 0 saturated heterocycles. The first-order valence-electron chi connectivity index (χ1n) is 7.37. The van der Waals surface area contributed by atoms with Crippen molar-refractivity contribution in [2.24, 2.45) is 5.73 Å². The van der Waals surface area contributed by atoms with Crippen LogP contribution in [-0.2, 0) is 17.1 Å². The number of halogens is 2. The lowest BCUT2D eigenvalue weighted by atomic mass is 10.2. The van der Waals surface area contributed by atoms with E-state index in [1.165, 1.54) is 24.1 Å². The molecule has 0 atom stereocenters. The predicted octanol–water partition coefficient (Wildman–Crippen LogP) is 3.50. The smallest absolute Gasteiger partial charge is 0.219 e. The Hall–Kier alpha value is -2.32. The van der Waals surface area contributed by atoms with Crippen LogP contribution >= 0.6 is 23.4 Å². The summed E-state index contributed by atoms with van der Waals surface area (Å²) in [4.78, 5) is 11.1. The highest BCUT2D eigenvalue weighted by Gasteiger charge is 2.18. The Morgan fingerprint density at radius 3 is 2.84 bits per heavy atom. The van der Waals surface area contributed by atoms with Gasteiger partial charge in [0.1, 0.15) is 5.82 Å². The number of nitrogens with two attached hydrogens (primary N) is 1. The van der Waals surface area contributed by atoms with Gasteiger partial charge in [-0.1, -0.05) is 29.4 Å². The summed E-state index contributed by atoms with van der Waals surface area (Å²) in [7, 11) is 0. The standard InChI is InChI=1S/C16H14ClFN4O2S/c17-11-3-1-4-12(18)10(11)9-25-16-21-20-15(13-5-2-8-24-13)22(16)7-6-14(19)23/h1-5,8H,6-7,9H2,(H2,19,23). The quantitative estimate of drug-likeness (QED) is 0.634. The zero-order valence-electron chi connectivity index (χ0n) is 13.0. The molecule has 130 valence electrons. The molecule has 3 rings (SSSR count). The summed E-state index contributed by atoms with van der Waals surface area (Å²) in [5.74, 6) is 0.459. The number of aromatic nitrogens is 3. The van der Waals surface area contributed by atoms with Crippen molar-refractivity contribution in [1.29, 1.82) is 0 Å². The molecule has 6 nitrogen and oxygen atoms in total. The van der Waals surface area contributed by atoms with E-state index in [-0.39, 0.29) is 18.0 Å². The minimum absolute atomic E-state index is 0.125. The minimum Gasteiger partial charge on any atom is -0.461 e. The Kier molecular flexibility index (Phi) is 5.40. The van der Waals surface area contributed by atoms with Gasteiger partial charge in [-0.15, -0.1) is 10.2 Å². The SMILES string of the molecule is NC(=O)CCn1c(SCc2c(F)cccc2Cl)nnc1-c1ccco1. The van der Waals surface area contributed by atoms with Crippen LogP contribution in [0.2, 0.25) is 5.02 Å². The predicted molar refractivity (Wildman–Crippen MR) is 92.5 cm³/mol. The molecule has 2 N–H and O–H groups in total. The number of benzene rings is 1. The van der Waals surface area contributed by atoms with Crippen molar-refractivity contribution in [2.45, 2.75) is 23.9 Å². The third kappa shape index (κ3) is 4.02. The molecule has 0 fully saturated rings. The van der Waals surface area contributed by atoms with E-state index in [1.807, 2.05) is 0 Å².